The van der Waals surface area contributed by atoms with Gasteiger partial charge >= 0.3 is 0 Å². The molecule has 0 aromatic carbocycles. The van der Waals surface area contributed by atoms with Gasteiger partial charge < -0.3 is 14.9 Å². The summed E-state index contributed by atoms with van der Waals surface area (Å²) in [6.45, 7) is 4.04. The first kappa shape index (κ1) is 11.3. The van der Waals surface area contributed by atoms with Gasteiger partial charge in [0.25, 0.3) is 0 Å². The maximum atomic E-state index is 9.70. The zero-order valence-electron chi connectivity index (χ0n) is 9.30. The number of likely N-dealkylation sites (tertiary alicyclic amines) is 1. The molecule has 0 radical (unpaired) electrons. The molecule has 2 saturated heterocycles. The van der Waals surface area contributed by atoms with Crippen LogP contribution in [0.3, 0.4) is 0 Å². The average molecular weight is 215 g/mol. The number of ether oxygens (including phenoxy) is 1. The molecule has 0 aromatic heterocycles. The maximum absolute atomic E-state index is 9.70. The third-order valence-corrected chi connectivity index (χ3v) is 3.52. The molecule has 0 bridgehead atoms. The summed E-state index contributed by atoms with van der Waals surface area (Å²) in [4.78, 5) is 2.40. The van der Waals surface area contributed by atoms with E-state index in [0.717, 1.165) is 19.5 Å². The third kappa shape index (κ3) is 2.33. The summed E-state index contributed by atoms with van der Waals surface area (Å²) in [5, 5.41) is 18.7. The van der Waals surface area contributed by atoms with Gasteiger partial charge in [-0.15, -0.1) is 0 Å². The minimum absolute atomic E-state index is 0.196. The van der Waals surface area contributed by atoms with E-state index in [9.17, 15) is 5.11 Å². The molecule has 2 rings (SSSR count). The van der Waals surface area contributed by atoms with Gasteiger partial charge in [0.15, 0.2) is 0 Å². The second kappa shape index (κ2) is 4.78. The van der Waals surface area contributed by atoms with Gasteiger partial charge in [-0.3, -0.25) is 4.90 Å². The standard InChI is InChI=1S/C11H21NO3/c1-8-6-9(12-4-2-3-5-12)11(15-8)10(14)7-13/h8-11,13-14H,2-7H2,1H3/t8-,9+,10?,11-/m0/s1. The van der Waals surface area contributed by atoms with Gasteiger partial charge in [0, 0.05) is 6.04 Å². The zero-order chi connectivity index (χ0) is 10.8. The van der Waals surface area contributed by atoms with Crippen molar-refractivity contribution in [2.24, 2.45) is 0 Å². The summed E-state index contributed by atoms with van der Waals surface area (Å²) in [5.41, 5.74) is 0. The van der Waals surface area contributed by atoms with Crippen molar-refractivity contribution in [3.63, 3.8) is 0 Å². The van der Waals surface area contributed by atoms with Crippen LogP contribution in [0.2, 0.25) is 0 Å². The zero-order valence-corrected chi connectivity index (χ0v) is 9.30. The van der Waals surface area contributed by atoms with E-state index >= 15 is 0 Å². The summed E-state index contributed by atoms with van der Waals surface area (Å²) in [7, 11) is 0. The largest absolute Gasteiger partial charge is 0.394 e. The number of aliphatic hydroxyl groups is 2. The van der Waals surface area contributed by atoms with Crippen LogP contribution in [0.4, 0.5) is 0 Å². The van der Waals surface area contributed by atoms with Gasteiger partial charge in [-0.05, 0) is 39.3 Å². The summed E-state index contributed by atoms with van der Waals surface area (Å²) in [6, 6.07) is 0.296. The second-order valence-electron chi connectivity index (χ2n) is 4.71. The first-order chi connectivity index (χ1) is 7.22. The van der Waals surface area contributed by atoms with Gasteiger partial charge in [-0.2, -0.15) is 0 Å². The Hall–Kier alpha value is -0.160. The van der Waals surface area contributed by atoms with Gasteiger partial charge in [-0.1, -0.05) is 0 Å². The molecule has 2 aliphatic heterocycles. The monoisotopic (exact) mass is 215 g/mol. The Morgan fingerprint density at radius 3 is 2.67 bits per heavy atom. The van der Waals surface area contributed by atoms with Crippen LogP contribution in [0.5, 0.6) is 0 Å². The van der Waals surface area contributed by atoms with Crippen molar-refractivity contribution < 1.29 is 14.9 Å². The fourth-order valence-corrected chi connectivity index (χ4v) is 2.77. The molecule has 0 aromatic rings. The second-order valence-corrected chi connectivity index (χ2v) is 4.71. The van der Waals surface area contributed by atoms with Gasteiger partial charge in [-0.25, -0.2) is 0 Å². The van der Waals surface area contributed by atoms with Gasteiger partial charge in [0.2, 0.25) is 0 Å². The van der Waals surface area contributed by atoms with E-state index in [4.69, 9.17) is 9.84 Å². The molecule has 2 N–H and O–H groups in total. The topological polar surface area (TPSA) is 52.9 Å². The van der Waals surface area contributed by atoms with E-state index in [1.54, 1.807) is 0 Å². The lowest BCUT2D eigenvalue weighted by atomic mass is 10.0. The molecule has 88 valence electrons. The summed E-state index contributed by atoms with van der Waals surface area (Å²) in [6.07, 6.45) is 2.71. The number of aliphatic hydroxyl groups excluding tert-OH is 2. The van der Waals surface area contributed by atoms with E-state index in [2.05, 4.69) is 4.90 Å². The normalized spacial score (nSPS) is 39.8. The van der Waals surface area contributed by atoms with Crippen LogP contribution < -0.4 is 0 Å². The molecule has 15 heavy (non-hydrogen) atoms. The highest BCUT2D eigenvalue weighted by Crippen LogP contribution is 2.29. The van der Waals surface area contributed by atoms with E-state index in [-0.39, 0.29) is 18.8 Å². The van der Waals surface area contributed by atoms with Crippen molar-refractivity contribution in [3.8, 4) is 0 Å². The summed E-state index contributed by atoms with van der Waals surface area (Å²) < 4.78 is 5.69. The van der Waals surface area contributed by atoms with Crippen molar-refractivity contribution in [1.82, 2.24) is 4.90 Å². The number of hydrogen-bond acceptors (Lipinski definition) is 4. The summed E-state index contributed by atoms with van der Waals surface area (Å²) >= 11 is 0. The highest BCUT2D eigenvalue weighted by atomic mass is 16.5. The molecule has 1 unspecified atom stereocenters. The van der Waals surface area contributed by atoms with E-state index < -0.39 is 6.10 Å². The molecule has 0 amide bonds. The van der Waals surface area contributed by atoms with Crippen molar-refractivity contribution in [2.75, 3.05) is 19.7 Å². The first-order valence-corrected chi connectivity index (χ1v) is 5.91. The van der Waals surface area contributed by atoms with Gasteiger partial charge in [0.1, 0.15) is 12.2 Å². The molecule has 0 saturated carbocycles. The van der Waals surface area contributed by atoms with Crippen molar-refractivity contribution >= 4 is 0 Å². The smallest absolute Gasteiger partial charge is 0.105 e. The Balaban J connectivity index is 2.00. The first-order valence-electron chi connectivity index (χ1n) is 5.91. The number of rotatable bonds is 3. The highest BCUT2D eigenvalue weighted by molar-refractivity contribution is 4.93. The third-order valence-electron chi connectivity index (χ3n) is 3.52. The molecule has 4 atom stereocenters. The Kier molecular flexibility index (Phi) is 3.61. The number of hydrogen-bond donors (Lipinski definition) is 2. The molecule has 2 heterocycles. The average Bonchev–Trinajstić information content (AvgIpc) is 2.84. The van der Waals surface area contributed by atoms with Crippen LogP contribution in [-0.4, -0.2) is 59.2 Å². The molecule has 0 aliphatic carbocycles. The minimum atomic E-state index is -0.736. The Bertz CT molecular complexity index is 206. The lowest BCUT2D eigenvalue weighted by molar-refractivity contribution is -0.0671. The number of nitrogens with zero attached hydrogens (tertiary/aromatic N) is 1. The van der Waals surface area contributed by atoms with E-state index in [1.807, 2.05) is 6.92 Å². The fourth-order valence-electron chi connectivity index (χ4n) is 2.77. The SMILES string of the molecule is C[C@H]1C[C@@H](N2CCCC2)[C@@H](C(O)CO)O1. The minimum Gasteiger partial charge on any atom is -0.394 e. The molecule has 0 spiro atoms. The predicted molar refractivity (Wildman–Crippen MR) is 56.6 cm³/mol. The lowest BCUT2D eigenvalue weighted by Crippen LogP contribution is -2.46. The molecule has 4 heteroatoms. The fraction of sp³-hybridized carbons (Fsp3) is 1.00. The highest BCUT2D eigenvalue weighted by Gasteiger charge is 2.41. The predicted octanol–water partition coefficient (Wildman–Crippen LogP) is -0.0186. The molecular formula is C11H21NO3. The van der Waals surface area contributed by atoms with Gasteiger partial charge in [0.05, 0.1) is 12.7 Å². The van der Waals surface area contributed by atoms with Crippen LogP contribution in [0.25, 0.3) is 0 Å². The molecule has 2 fully saturated rings. The Labute approximate surface area is 90.8 Å². The van der Waals surface area contributed by atoms with Crippen LogP contribution in [-0.2, 0) is 4.74 Å². The lowest BCUT2D eigenvalue weighted by Gasteiger charge is -2.29. The van der Waals surface area contributed by atoms with Crippen molar-refractivity contribution in [3.05, 3.63) is 0 Å². The van der Waals surface area contributed by atoms with Crippen LogP contribution in [0.15, 0.2) is 0 Å². The van der Waals surface area contributed by atoms with Crippen LogP contribution >= 0.6 is 0 Å². The van der Waals surface area contributed by atoms with Crippen LogP contribution in [0, 0.1) is 0 Å². The molecule has 4 nitrogen and oxygen atoms in total. The Morgan fingerprint density at radius 1 is 1.40 bits per heavy atom. The molecular weight excluding hydrogens is 194 g/mol. The van der Waals surface area contributed by atoms with Crippen molar-refractivity contribution in [2.45, 2.75) is 50.5 Å². The van der Waals surface area contributed by atoms with E-state index in [0.29, 0.717) is 6.04 Å². The quantitative estimate of drug-likeness (QED) is 0.695. The maximum Gasteiger partial charge on any atom is 0.105 e. The molecule has 2 aliphatic rings. The Morgan fingerprint density at radius 2 is 2.07 bits per heavy atom. The van der Waals surface area contributed by atoms with Crippen LogP contribution in [0.1, 0.15) is 26.2 Å². The summed E-state index contributed by atoms with van der Waals surface area (Å²) in [5.74, 6) is 0. The van der Waals surface area contributed by atoms with Crippen molar-refractivity contribution in [1.29, 1.82) is 0 Å². The van der Waals surface area contributed by atoms with E-state index in [1.165, 1.54) is 12.8 Å².